The van der Waals surface area contributed by atoms with E-state index < -0.39 is 0 Å². The van der Waals surface area contributed by atoms with E-state index in [1.807, 2.05) is 0 Å². The Morgan fingerprint density at radius 3 is 2.50 bits per heavy atom. The van der Waals surface area contributed by atoms with Crippen LogP contribution in [-0.4, -0.2) is 0 Å². The predicted octanol–water partition coefficient (Wildman–Crippen LogP) is 5.39. The molecule has 0 amide bonds. The van der Waals surface area contributed by atoms with Gasteiger partial charge in [0.2, 0.25) is 0 Å². The predicted molar refractivity (Wildman–Crippen MR) is 85.0 cm³/mol. The van der Waals surface area contributed by atoms with E-state index in [2.05, 4.69) is 86.6 Å². The van der Waals surface area contributed by atoms with E-state index in [9.17, 15) is 0 Å². The summed E-state index contributed by atoms with van der Waals surface area (Å²) in [4.78, 5) is 0. The van der Waals surface area contributed by atoms with Crippen molar-refractivity contribution in [3.63, 3.8) is 0 Å². The van der Waals surface area contributed by atoms with Gasteiger partial charge in [-0.2, -0.15) is 0 Å². The fourth-order valence-electron chi connectivity index (χ4n) is 1.75. The summed E-state index contributed by atoms with van der Waals surface area (Å²) >= 11 is 7.00. The van der Waals surface area contributed by atoms with Crippen LogP contribution >= 0.6 is 31.9 Å². The zero-order valence-corrected chi connectivity index (χ0v) is 13.4. The van der Waals surface area contributed by atoms with Crippen LogP contribution in [0, 0.1) is 0 Å². The molecule has 0 aliphatic heterocycles. The van der Waals surface area contributed by atoms with Gasteiger partial charge in [-0.3, -0.25) is 0 Å². The van der Waals surface area contributed by atoms with Crippen molar-refractivity contribution in [2.75, 3.05) is 5.32 Å². The first-order chi connectivity index (χ1) is 8.69. The van der Waals surface area contributed by atoms with Crippen LogP contribution in [0.25, 0.3) is 0 Å². The third-order valence-electron chi connectivity index (χ3n) is 2.82. The minimum atomic E-state index is 0.832. The van der Waals surface area contributed by atoms with Crippen LogP contribution in [0.4, 0.5) is 5.69 Å². The first-order valence-corrected chi connectivity index (χ1v) is 7.54. The van der Waals surface area contributed by atoms with Crippen LogP contribution in [0.5, 0.6) is 0 Å². The molecule has 0 aliphatic carbocycles. The molecule has 0 unspecified atom stereocenters. The Morgan fingerprint density at radius 1 is 0.944 bits per heavy atom. The lowest BCUT2D eigenvalue weighted by atomic mass is 10.1. The molecular weight excluding hydrogens is 354 g/mol. The summed E-state index contributed by atoms with van der Waals surface area (Å²) in [6.07, 6.45) is 1.07. The highest BCUT2D eigenvalue weighted by atomic mass is 79.9. The molecule has 0 radical (unpaired) electrons. The third kappa shape index (κ3) is 3.59. The first kappa shape index (κ1) is 13.6. The maximum absolute atomic E-state index is 3.52. The summed E-state index contributed by atoms with van der Waals surface area (Å²) in [6, 6.07) is 14.9. The van der Waals surface area contributed by atoms with Crippen molar-refractivity contribution in [1.29, 1.82) is 0 Å². The van der Waals surface area contributed by atoms with E-state index in [4.69, 9.17) is 0 Å². The molecule has 0 heterocycles. The Kier molecular flexibility index (Phi) is 4.84. The molecule has 0 bridgehead atoms. The van der Waals surface area contributed by atoms with Crippen molar-refractivity contribution < 1.29 is 0 Å². The SMILES string of the molecule is CCc1cccc(NCc2ccc(Br)c(Br)c2)c1. The van der Waals surface area contributed by atoms with Crippen LogP contribution in [0.15, 0.2) is 51.4 Å². The van der Waals surface area contributed by atoms with Crippen molar-refractivity contribution in [2.24, 2.45) is 0 Å². The van der Waals surface area contributed by atoms with Gasteiger partial charge in [0.1, 0.15) is 0 Å². The summed E-state index contributed by atoms with van der Waals surface area (Å²) in [7, 11) is 0. The first-order valence-electron chi connectivity index (χ1n) is 5.96. The van der Waals surface area contributed by atoms with Gasteiger partial charge in [0, 0.05) is 21.2 Å². The van der Waals surface area contributed by atoms with Gasteiger partial charge < -0.3 is 5.32 Å². The normalized spacial score (nSPS) is 10.4. The number of aryl methyl sites for hydroxylation is 1. The van der Waals surface area contributed by atoms with Gasteiger partial charge in [-0.15, -0.1) is 0 Å². The van der Waals surface area contributed by atoms with Crippen molar-refractivity contribution in [1.82, 2.24) is 0 Å². The third-order valence-corrected chi connectivity index (χ3v) is 4.70. The van der Waals surface area contributed by atoms with E-state index in [1.165, 1.54) is 16.8 Å². The molecule has 2 aromatic carbocycles. The molecule has 0 saturated heterocycles. The molecular formula is C15H15Br2N. The number of benzene rings is 2. The molecule has 3 heteroatoms. The van der Waals surface area contributed by atoms with Gasteiger partial charge in [0.25, 0.3) is 0 Å². The number of hydrogen-bond donors (Lipinski definition) is 1. The Labute approximate surface area is 125 Å². The Morgan fingerprint density at radius 2 is 1.78 bits per heavy atom. The zero-order valence-electron chi connectivity index (χ0n) is 10.2. The second kappa shape index (κ2) is 6.39. The van der Waals surface area contributed by atoms with E-state index in [0.29, 0.717) is 0 Å². The molecule has 0 spiro atoms. The second-order valence-electron chi connectivity index (χ2n) is 4.16. The molecule has 0 saturated carbocycles. The maximum atomic E-state index is 3.52. The van der Waals surface area contributed by atoms with E-state index in [-0.39, 0.29) is 0 Å². The van der Waals surface area contributed by atoms with Gasteiger partial charge in [-0.1, -0.05) is 25.1 Å². The molecule has 94 valence electrons. The van der Waals surface area contributed by atoms with Gasteiger partial charge in [0.15, 0.2) is 0 Å². The molecule has 1 N–H and O–H groups in total. The number of rotatable bonds is 4. The molecule has 18 heavy (non-hydrogen) atoms. The molecule has 2 aromatic rings. The lowest BCUT2D eigenvalue weighted by Gasteiger charge is -2.08. The fourth-order valence-corrected chi connectivity index (χ4v) is 2.43. The van der Waals surface area contributed by atoms with Crippen molar-refractivity contribution in [3.8, 4) is 0 Å². The summed E-state index contributed by atoms with van der Waals surface area (Å²) in [5.41, 5.74) is 3.79. The van der Waals surface area contributed by atoms with Crippen LogP contribution in [0.2, 0.25) is 0 Å². The van der Waals surface area contributed by atoms with Crippen LogP contribution in [0.1, 0.15) is 18.1 Å². The quantitative estimate of drug-likeness (QED) is 0.763. The van der Waals surface area contributed by atoms with E-state index in [0.717, 1.165) is 21.9 Å². The highest BCUT2D eigenvalue weighted by Gasteiger charge is 1.99. The monoisotopic (exact) mass is 367 g/mol. The van der Waals surface area contributed by atoms with Crippen molar-refractivity contribution >= 4 is 37.5 Å². The van der Waals surface area contributed by atoms with Crippen molar-refractivity contribution in [3.05, 3.63) is 62.5 Å². The number of hydrogen-bond acceptors (Lipinski definition) is 1. The van der Waals surface area contributed by atoms with E-state index in [1.54, 1.807) is 0 Å². The molecule has 1 nitrogen and oxygen atoms in total. The molecule has 0 atom stereocenters. The van der Waals surface area contributed by atoms with E-state index >= 15 is 0 Å². The largest absolute Gasteiger partial charge is 0.381 e. The van der Waals surface area contributed by atoms with Gasteiger partial charge >= 0.3 is 0 Å². The zero-order chi connectivity index (χ0) is 13.0. The lowest BCUT2D eigenvalue weighted by molar-refractivity contribution is 1.11. The highest BCUT2D eigenvalue weighted by Crippen LogP contribution is 2.24. The Balaban J connectivity index is 2.04. The minimum absolute atomic E-state index is 0.832. The summed E-state index contributed by atoms with van der Waals surface area (Å²) < 4.78 is 2.17. The number of halogens is 2. The summed E-state index contributed by atoms with van der Waals surface area (Å²) in [6.45, 7) is 3.00. The van der Waals surface area contributed by atoms with Crippen molar-refractivity contribution in [2.45, 2.75) is 19.9 Å². The lowest BCUT2D eigenvalue weighted by Crippen LogP contribution is -1.99. The average Bonchev–Trinajstić information content (AvgIpc) is 2.40. The van der Waals surface area contributed by atoms with Crippen LogP contribution in [0.3, 0.4) is 0 Å². The molecule has 0 aliphatic rings. The Hall–Kier alpha value is -0.800. The molecule has 0 fully saturated rings. The number of anilines is 1. The minimum Gasteiger partial charge on any atom is -0.381 e. The van der Waals surface area contributed by atoms with Gasteiger partial charge in [-0.05, 0) is 73.7 Å². The molecule has 0 aromatic heterocycles. The second-order valence-corrected chi connectivity index (χ2v) is 5.86. The molecule has 2 rings (SSSR count). The maximum Gasteiger partial charge on any atom is 0.0401 e. The highest BCUT2D eigenvalue weighted by molar-refractivity contribution is 9.13. The summed E-state index contributed by atoms with van der Waals surface area (Å²) in [5.74, 6) is 0. The topological polar surface area (TPSA) is 12.0 Å². The van der Waals surface area contributed by atoms with Crippen LogP contribution in [-0.2, 0) is 13.0 Å². The van der Waals surface area contributed by atoms with Gasteiger partial charge in [0.05, 0.1) is 0 Å². The fraction of sp³-hybridized carbons (Fsp3) is 0.200. The van der Waals surface area contributed by atoms with Gasteiger partial charge in [-0.25, -0.2) is 0 Å². The van der Waals surface area contributed by atoms with Crippen LogP contribution < -0.4 is 5.32 Å². The Bertz CT molecular complexity index is 538. The smallest absolute Gasteiger partial charge is 0.0401 e. The summed E-state index contributed by atoms with van der Waals surface area (Å²) in [5, 5.41) is 3.45. The average molecular weight is 369 g/mol. The number of nitrogens with one attached hydrogen (secondary N) is 1. The standard InChI is InChI=1S/C15H15Br2N/c1-2-11-4-3-5-13(8-11)18-10-12-6-7-14(16)15(17)9-12/h3-9,18H,2,10H2,1H3.